The van der Waals surface area contributed by atoms with E-state index in [1.54, 1.807) is 23.2 Å². The first kappa shape index (κ1) is 17.3. The molecule has 27 heavy (non-hydrogen) atoms. The van der Waals surface area contributed by atoms with Crippen LogP contribution >= 0.6 is 11.3 Å². The first-order valence-electron chi connectivity index (χ1n) is 8.59. The number of amides is 2. The van der Waals surface area contributed by atoms with Crippen LogP contribution in [0.2, 0.25) is 0 Å². The van der Waals surface area contributed by atoms with Crippen LogP contribution in [0.3, 0.4) is 0 Å². The number of nitrogens with zero attached hydrogens (tertiary/aromatic N) is 4. The molecule has 4 heterocycles. The molecule has 9 heteroatoms. The predicted molar refractivity (Wildman–Crippen MR) is 99.1 cm³/mol. The van der Waals surface area contributed by atoms with Gasteiger partial charge in [0.05, 0.1) is 6.26 Å². The summed E-state index contributed by atoms with van der Waals surface area (Å²) in [6.07, 6.45) is 4.37. The maximum Gasteiger partial charge on any atom is 0.289 e. The highest BCUT2D eigenvalue weighted by Gasteiger charge is 2.29. The standard InChI is InChI=1S/C18H17N5O3S/c24-15(20-18-22-21-16(27-18)13-4-1-2-8-19-13)12-6-9-23(10-7-12)17(25)14-5-3-11-26-14/h1-5,8,11-12H,6-7,9-10H2,(H,20,22,24). The summed E-state index contributed by atoms with van der Waals surface area (Å²) in [7, 11) is 0. The van der Waals surface area contributed by atoms with Gasteiger partial charge in [0.25, 0.3) is 5.91 Å². The summed E-state index contributed by atoms with van der Waals surface area (Å²) in [6.45, 7) is 1.04. The Balaban J connectivity index is 1.32. The van der Waals surface area contributed by atoms with Crippen LogP contribution in [0.5, 0.6) is 0 Å². The Morgan fingerprint density at radius 2 is 2.00 bits per heavy atom. The molecule has 2 amide bonds. The fourth-order valence-corrected chi connectivity index (χ4v) is 3.70. The highest BCUT2D eigenvalue weighted by molar-refractivity contribution is 7.18. The van der Waals surface area contributed by atoms with E-state index in [2.05, 4.69) is 20.5 Å². The minimum Gasteiger partial charge on any atom is -0.459 e. The Labute approximate surface area is 159 Å². The summed E-state index contributed by atoms with van der Waals surface area (Å²) in [5.41, 5.74) is 0.722. The van der Waals surface area contributed by atoms with Crippen LogP contribution < -0.4 is 5.32 Å². The fourth-order valence-electron chi connectivity index (χ4n) is 2.97. The van der Waals surface area contributed by atoms with Gasteiger partial charge in [-0.3, -0.25) is 14.6 Å². The Hall–Kier alpha value is -3.07. The maximum atomic E-state index is 12.5. The van der Waals surface area contributed by atoms with E-state index in [1.165, 1.54) is 17.6 Å². The minimum absolute atomic E-state index is 0.0937. The third kappa shape index (κ3) is 3.87. The first-order chi connectivity index (χ1) is 13.2. The van der Waals surface area contributed by atoms with Gasteiger partial charge < -0.3 is 14.6 Å². The number of hydrogen-bond acceptors (Lipinski definition) is 7. The number of furan rings is 1. The topological polar surface area (TPSA) is 101 Å². The van der Waals surface area contributed by atoms with Gasteiger partial charge in [-0.2, -0.15) is 0 Å². The fraction of sp³-hybridized carbons (Fsp3) is 0.278. The molecule has 8 nitrogen and oxygen atoms in total. The molecule has 1 aliphatic heterocycles. The molecule has 138 valence electrons. The van der Waals surface area contributed by atoms with Crippen molar-refractivity contribution in [1.82, 2.24) is 20.1 Å². The van der Waals surface area contributed by atoms with Gasteiger partial charge in [0.2, 0.25) is 11.0 Å². The number of likely N-dealkylation sites (tertiary alicyclic amines) is 1. The van der Waals surface area contributed by atoms with Gasteiger partial charge in [-0.05, 0) is 37.1 Å². The molecule has 1 aliphatic rings. The van der Waals surface area contributed by atoms with Crippen LogP contribution in [0.25, 0.3) is 10.7 Å². The molecule has 0 bridgehead atoms. The predicted octanol–water partition coefficient (Wildman–Crippen LogP) is 2.68. The van der Waals surface area contributed by atoms with Gasteiger partial charge in [0.1, 0.15) is 5.69 Å². The largest absolute Gasteiger partial charge is 0.459 e. The van der Waals surface area contributed by atoms with Crippen molar-refractivity contribution in [2.24, 2.45) is 5.92 Å². The SMILES string of the molecule is O=C(Nc1nnc(-c2ccccn2)s1)C1CCN(C(=O)c2ccco2)CC1. The monoisotopic (exact) mass is 383 g/mol. The van der Waals surface area contributed by atoms with Crippen LogP contribution in [-0.4, -0.2) is 45.0 Å². The Bertz CT molecular complexity index is 918. The lowest BCUT2D eigenvalue weighted by Gasteiger charge is -2.30. The molecule has 0 radical (unpaired) electrons. The van der Waals surface area contributed by atoms with Crippen LogP contribution in [0.1, 0.15) is 23.4 Å². The molecule has 4 rings (SSSR count). The normalized spacial score (nSPS) is 14.9. The number of piperidine rings is 1. The number of hydrogen-bond donors (Lipinski definition) is 1. The molecule has 0 aliphatic carbocycles. The third-order valence-electron chi connectivity index (χ3n) is 4.42. The van der Waals surface area contributed by atoms with E-state index in [0.717, 1.165) is 5.69 Å². The molecule has 1 fully saturated rings. The van der Waals surface area contributed by atoms with E-state index < -0.39 is 0 Å². The second kappa shape index (κ2) is 7.67. The van der Waals surface area contributed by atoms with Crippen LogP contribution in [0.4, 0.5) is 5.13 Å². The summed E-state index contributed by atoms with van der Waals surface area (Å²) in [6, 6.07) is 8.89. The van der Waals surface area contributed by atoms with E-state index >= 15 is 0 Å². The van der Waals surface area contributed by atoms with Crippen LogP contribution in [0, 0.1) is 5.92 Å². The first-order valence-corrected chi connectivity index (χ1v) is 9.41. The van der Waals surface area contributed by atoms with Crippen LogP contribution in [0.15, 0.2) is 47.2 Å². The van der Waals surface area contributed by atoms with Gasteiger partial charge in [-0.1, -0.05) is 17.4 Å². The zero-order chi connectivity index (χ0) is 18.6. The molecular formula is C18H17N5O3S. The number of pyridine rings is 1. The minimum atomic E-state index is -0.159. The van der Waals surface area contributed by atoms with E-state index in [-0.39, 0.29) is 17.7 Å². The summed E-state index contributed by atoms with van der Waals surface area (Å²) < 4.78 is 5.15. The number of carbonyl (C=O) groups is 2. The van der Waals surface area contributed by atoms with Crippen molar-refractivity contribution in [2.75, 3.05) is 18.4 Å². The molecular weight excluding hydrogens is 366 g/mol. The lowest BCUT2D eigenvalue weighted by atomic mass is 9.96. The van der Waals surface area contributed by atoms with E-state index in [0.29, 0.717) is 41.8 Å². The molecule has 1 saturated heterocycles. The van der Waals surface area contributed by atoms with Crippen molar-refractivity contribution in [3.8, 4) is 10.7 Å². The molecule has 1 N–H and O–H groups in total. The summed E-state index contributed by atoms with van der Waals surface area (Å²) >= 11 is 1.29. The molecule has 0 spiro atoms. The number of rotatable bonds is 4. The number of aromatic nitrogens is 3. The number of anilines is 1. The maximum absolute atomic E-state index is 12.5. The highest BCUT2D eigenvalue weighted by Crippen LogP contribution is 2.26. The second-order valence-corrected chi connectivity index (χ2v) is 7.14. The Morgan fingerprint density at radius 3 is 2.70 bits per heavy atom. The van der Waals surface area contributed by atoms with Gasteiger partial charge in [-0.25, -0.2) is 0 Å². The molecule has 3 aromatic heterocycles. The van der Waals surface area contributed by atoms with Crippen molar-refractivity contribution >= 4 is 28.3 Å². The van der Waals surface area contributed by atoms with Gasteiger partial charge >= 0.3 is 0 Å². The van der Waals surface area contributed by atoms with Gasteiger partial charge in [-0.15, -0.1) is 10.2 Å². The molecule has 0 aromatic carbocycles. The second-order valence-electron chi connectivity index (χ2n) is 6.16. The smallest absolute Gasteiger partial charge is 0.289 e. The Kier molecular flexibility index (Phi) is 4.93. The van der Waals surface area contributed by atoms with Crippen molar-refractivity contribution in [1.29, 1.82) is 0 Å². The lowest BCUT2D eigenvalue weighted by Crippen LogP contribution is -2.41. The summed E-state index contributed by atoms with van der Waals surface area (Å²) in [4.78, 5) is 30.7. The van der Waals surface area contributed by atoms with Crippen LogP contribution in [-0.2, 0) is 4.79 Å². The Morgan fingerprint density at radius 1 is 1.15 bits per heavy atom. The highest BCUT2D eigenvalue weighted by atomic mass is 32.1. The third-order valence-corrected chi connectivity index (χ3v) is 5.29. The van der Waals surface area contributed by atoms with Crippen molar-refractivity contribution < 1.29 is 14.0 Å². The zero-order valence-electron chi connectivity index (χ0n) is 14.4. The van der Waals surface area contributed by atoms with Crippen molar-refractivity contribution in [3.63, 3.8) is 0 Å². The van der Waals surface area contributed by atoms with Crippen molar-refractivity contribution in [2.45, 2.75) is 12.8 Å². The summed E-state index contributed by atoms with van der Waals surface area (Å²) in [5, 5.41) is 12.0. The van der Waals surface area contributed by atoms with E-state index in [9.17, 15) is 9.59 Å². The molecule has 0 unspecified atom stereocenters. The molecule has 0 saturated carbocycles. The summed E-state index contributed by atoms with van der Waals surface area (Å²) in [5.74, 6) is -0.0616. The zero-order valence-corrected chi connectivity index (χ0v) is 15.2. The van der Waals surface area contributed by atoms with Gasteiger partial charge in [0.15, 0.2) is 10.8 Å². The molecule has 3 aromatic rings. The van der Waals surface area contributed by atoms with Crippen molar-refractivity contribution in [3.05, 3.63) is 48.6 Å². The average molecular weight is 383 g/mol. The number of nitrogens with one attached hydrogen (secondary N) is 1. The van der Waals surface area contributed by atoms with E-state index in [4.69, 9.17) is 4.42 Å². The van der Waals surface area contributed by atoms with Gasteiger partial charge in [0, 0.05) is 25.2 Å². The molecule has 0 atom stereocenters. The average Bonchev–Trinajstić information content (AvgIpc) is 3.40. The quantitative estimate of drug-likeness (QED) is 0.743. The lowest BCUT2D eigenvalue weighted by molar-refractivity contribution is -0.121. The van der Waals surface area contributed by atoms with E-state index in [1.807, 2.05) is 18.2 Å². The number of carbonyl (C=O) groups excluding carboxylic acids is 2.